The predicted molar refractivity (Wildman–Crippen MR) is 106 cm³/mol. The largest absolute Gasteiger partial charge is 0.492 e. The monoisotopic (exact) mass is 393 g/mol. The SMILES string of the molecule is CN(C)C(=O)O/C=C1\CN(C2CCNCC2)[C@@H](Cc2ccc(Cl)cc2)CO1. The topological polar surface area (TPSA) is 54.0 Å². The average molecular weight is 394 g/mol. The van der Waals surface area contributed by atoms with Crippen LogP contribution in [-0.4, -0.2) is 68.3 Å². The normalized spacial score (nSPS) is 23.1. The summed E-state index contributed by atoms with van der Waals surface area (Å²) >= 11 is 6.01. The Morgan fingerprint density at radius 2 is 2.04 bits per heavy atom. The van der Waals surface area contributed by atoms with Crippen molar-refractivity contribution in [3.05, 3.63) is 46.9 Å². The zero-order valence-electron chi connectivity index (χ0n) is 16.0. The van der Waals surface area contributed by atoms with Crippen molar-refractivity contribution in [2.75, 3.05) is 40.3 Å². The zero-order valence-corrected chi connectivity index (χ0v) is 16.7. The van der Waals surface area contributed by atoms with Crippen LogP contribution in [-0.2, 0) is 15.9 Å². The second-order valence-corrected chi connectivity index (χ2v) is 7.75. The van der Waals surface area contributed by atoms with Gasteiger partial charge in [-0.1, -0.05) is 23.7 Å². The highest BCUT2D eigenvalue weighted by atomic mass is 35.5. The van der Waals surface area contributed by atoms with E-state index in [0.717, 1.165) is 37.4 Å². The Labute approximate surface area is 166 Å². The summed E-state index contributed by atoms with van der Waals surface area (Å²) in [6.07, 6.45) is 4.19. The quantitative estimate of drug-likeness (QED) is 0.797. The molecule has 0 bridgehead atoms. The van der Waals surface area contributed by atoms with E-state index in [2.05, 4.69) is 22.3 Å². The molecule has 1 N–H and O–H groups in total. The van der Waals surface area contributed by atoms with Crippen LogP contribution in [0.4, 0.5) is 4.79 Å². The standard InChI is InChI=1S/C20H28ClN3O3/c1-23(2)20(25)27-14-19-12-24(17-7-9-22-10-8-17)18(13-26-19)11-15-3-5-16(21)6-4-15/h3-6,14,17-18,22H,7-13H2,1-2H3/b19-14+/t18-/m0/s1. The van der Waals surface area contributed by atoms with Crippen molar-refractivity contribution in [1.82, 2.24) is 15.1 Å². The van der Waals surface area contributed by atoms with Gasteiger partial charge in [0.1, 0.15) is 18.6 Å². The van der Waals surface area contributed by atoms with Crippen molar-refractivity contribution in [3.63, 3.8) is 0 Å². The summed E-state index contributed by atoms with van der Waals surface area (Å²) < 4.78 is 11.1. The molecule has 27 heavy (non-hydrogen) atoms. The predicted octanol–water partition coefficient (Wildman–Crippen LogP) is 2.87. The first-order valence-electron chi connectivity index (χ1n) is 9.43. The molecule has 1 atom stereocenters. The molecule has 2 heterocycles. The molecule has 0 aliphatic carbocycles. The van der Waals surface area contributed by atoms with E-state index in [4.69, 9.17) is 21.1 Å². The minimum absolute atomic E-state index is 0.288. The Bertz CT molecular complexity index is 657. The van der Waals surface area contributed by atoms with Crippen LogP contribution in [0.25, 0.3) is 0 Å². The van der Waals surface area contributed by atoms with E-state index >= 15 is 0 Å². The second kappa shape index (κ2) is 9.44. The smallest absolute Gasteiger partial charge is 0.414 e. The van der Waals surface area contributed by atoms with Crippen LogP contribution in [0.2, 0.25) is 5.02 Å². The first kappa shape index (κ1) is 20.0. The minimum atomic E-state index is -0.400. The molecule has 0 saturated carbocycles. The lowest BCUT2D eigenvalue weighted by Crippen LogP contribution is -2.53. The van der Waals surface area contributed by atoms with Gasteiger partial charge in [-0.3, -0.25) is 4.90 Å². The fourth-order valence-corrected chi connectivity index (χ4v) is 3.71. The highest BCUT2D eigenvalue weighted by Gasteiger charge is 2.33. The van der Waals surface area contributed by atoms with Gasteiger partial charge >= 0.3 is 6.09 Å². The highest BCUT2D eigenvalue weighted by molar-refractivity contribution is 6.30. The number of hydrogen-bond donors (Lipinski definition) is 1. The third-order valence-electron chi connectivity index (χ3n) is 5.09. The molecule has 2 saturated heterocycles. The van der Waals surface area contributed by atoms with Crippen molar-refractivity contribution in [3.8, 4) is 0 Å². The third kappa shape index (κ3) is 5.61. The van der Waals surface area contributed by atoms with E-state index in [1.165, 1.54) is 16.7 Å². The number of morpholine rings is 1. The number of ether oxygens (including phenoxy) is 2. The van der Waals surface area contributed by atoms with Gasteiger partial charge in [-0.15, -0.1) is 0 Å². The van der Waals surface area contributed by atoms with E-state index in [-0.39, 0.29) is 6.04 Å². The number of piperidine rings is 1. The van der Waals surface area contributed by atoms with E-state index in [1.54, 1.807) is 14.1 Å². The average Bonchev–Trinajstić information content (AvgIpc) is 2.69. The summed E-state index contributed by atoms with van der Waals surface area (Å²) in [4.78, 5) is 15.6. The number of benzene rings is 1. The maximum atomic E-state index is 11.7. The van der Waals surface area contributed by atoms with Crippen LogP contribution in [0, 0.1) is 0 Å². The molecule has 0 aromatic heterocycles. The van der Waals surface area contributed by atoms with E-state index in [0.29, 0.717) is 25.0 Å². The van der Waals surface area contributed by atoms with Crippen molar-refractivity contribution < 1.29 is 14.3 Å². The number of rotatable bonds is 4. The fourth-order valence-electron chi connectivity index (χ4n) is 3.58. The highest BCUT2D eigenvalue weighted by Crippen LogP contribution is 2.25. The summed E-state index contributed by atoms with van der Waals surface area (Å²) in [5.41, 5.74) is 1.25. The van der Waals surface area contributed by atoms with Gasteiger partial charge in [0, 0.05) is 31.2 Å². The number of nitrogens with one attached hydrogen (secondary N) is 1. The summed E-state index contributed by atoms with van der Waals surface area (Å²) in [5, 5.41) is 4.18. The van der Waals surface area contributed by atoms with Gasteiger partial charge in [-0.2, -0.15) is 0 Å². The first-order chi connectivity index (χ1) is 13.0. The summed E-state index contributed by atoms with van der Waals surface area (Å²) in [6.45, 7) is 3.30. The third-order valence-corrected chi connectivity index (χ3v) is 5.34. The Balaban J connectivity index is 1.70. The van der Waals surface area contributed by atoms with E-state index in [9.17, 15) is 4.79 Å². The van der Waals surface area contributed by atoms with Crippen LogP contribution in [0.5, 0.6) is 0 Å². The fraction of sp³-hybridized carbons (Fsp3) is 0.550. The second-order valence-electron chi connectivity index (χ2n) is 7.31. The molecule has 6 nitrogen and oxygen atoms in total. The molecule has 0 spiro atoms. The van der Waals surface area contributed by atoms with Crippen LogP contribution in [0.15, 0.2) is 36.3 Å². The molecule has 1 aromatic carbocycles. The number of nitrogens with zero attached hydrogens (tertiary/aromatic N) is 2. The number of hydrogen-bond acceptors (Lipinski definition) is 5. The summed E-state index contributed by atoms with van der Waals surface area (Å²) in [5.74, 6) is 0.705. The Morgan fingerprint density at radius 1 is 1.33 bits per heavy atom. The lowest BCUT2D eigenvalue weighted by molar-refractivity contribution is 0.00112. The molecule has 7 heteroatoms. The Morgan fingerprint density at radius 3 is 2.70 bits per heavy atom. The van der Waals surface area contributed by atoms with Crippen molar-refractivity contribution in [2.24, 2.45) is 0 Å². The van der Waals surface area contributed by atoms with Gasteiger partial charge in [0.15, 0.2) is 0 Å². The van der Waals surface area contributed by atoms with Crippen LogP contribution >= 0.6 is 11.6 Å². The minimum Gasteiger partial charge on any atom is -0.492 e. The lowest BCUT2D eigenvalue weighted by atomic mass is 9.97. The molecule has 1 amide bonds. The molecule has 0 radical (unpaired) electrons. The van der Waals surface area contributed by atoms with E-state index in [1.807, 2.05) is 12.1 Å². The molecular formula is C20H28ClN3O3. The molecule has 148 valence electrons. The Kier molecular flexibility index (Phi) is 6.99. The van der Waals surface area contributed by atoms with Crippen LogP contribution in [0.1, 0.15) is 18.4 Å². The molecule has 2 aliphatic rings. The van der Waals surface area contributed by atoms with Crippen molar-refractivity contribution in [1.29, 1.82) is 0 Å². The lowest BCUT2D eigenvalue weighted by Gasteiger charge is -2.43. The van der Waals surface area contributed by atoms with Gasteiger partial charge in [0.25, 0.3) is 0 Å². The first-order valence-corrected chi connectivity index (χ1v) is 9.81. The van der Waals surface area contributed by atoms with Crippen molar-refractivity contribution in [2.45, 2.75) is 31.3 Å². The van der Waals surface area contributed by atoms with Crippen molar-refractivity contribution >= 4 is 17.7 Å². The summed E-state index contributed by atoms with van der Waals surface area (Å²) in [7, 11) is 3.32. The number of carbonyl (C=O) groups excluding carboxylic acids is 1. The summed E-state index contributed by atoms with van der Waals surface area (Å²) in [6, 6.07) is 8.81. The number of amides is 1. The number of halogens is 1. The molecule has 2 aliphatic heterocycles. The maximum Gasteiger partial charge on any atom is 0.414 e. The molecule has 2 fully saturated rings. The molecule has 3 rings (SSSR count). The molecule has 0 unspecified atom stereocenters. The maximum absolute atomic E-state index is 11.7. The van der Waals surface area contributed by atoms with Gasteiger partial charge in [0.05, 0.1) is 6.54 Å². The van der Waals surface area contributed by atoms with Gasteiger partial charge < -0.3 is 19.7 Å². The van der Waals surface area contributed by atoms with Gasteiger partial charge in [0.2, 0.25) is 0 Å². The Hall–Kier alpha value is -1.76. The molecule has 1 aromatic rings. The van der Waals surface area contributed by atoms with Crippen LogP contribution in [0.3, 0.4) is 0 Å². The number of carbonyl (C=O) groups is 1. The molecular weight excluding hydrogens is 366 g/mol. The zero-order chi connectivity index (χ0) is 19.2. The van der Waals surface area contributed by atoms with E-state index < -0.39 is 6.09 Å². The van der Waals surface area contributed by atoms with Gasteiger partial charge in [-0.05, 0) is 50.0 Å². The van der Waals surface area contributed by atoms with Gasteiger partial charge in [-0.25, -0.2) is 4.79 Å². The van der Waals surface area contributed by atoms with Crippen LogP contribution < -0.4 is 5.32 Å².